The maximum Gasteiger partial charge on any atom is 0.250 e. The Hall–Kier alpha value is -2.91. The number of thioether (sulfide) groups is 1. The van der Waals surface area contributed by atoms with E-state index in [0.29, 0.717) is 22.4 Å². The number of anilines is 1. The molecule has 1 N–H and O–H groups in total. The molecule has 4 rings (SSSR count). The molecule has 2 heterocycles. The Morgan fingerprint density at radius 1 is 1.18 bits per heavy atom. The van der Waals surface area contributed by atoms with Crippen LogP contribution in [0.25, 0.3) is 6.08 Å². The van der Waals surface area contributed by atoms with Crippen LogP contribution in [0.2, 0.25) is 0 Å². The van der Waals surface area contributed by atoms with Crippen LogP contribution in [0.5, 0.6) is 11.5 Å². The maximum absolute atomic E-state index is 12.9. The van der Waals surface area contributed by atoms with Crippen molar-refractivity contribution in [2.24, 2.45) is 0 Å². The summed E-state index contributed by atoms with van der Waals surface area (Å²) in [7, 11) is 0. The van der Waals surface area contributed by atoms with E-state index in [1.807, 2.05) is 6.07 Å². The summed E-state index contributed by atoms with van der Waals surface area (Å²) in [5, 5.41) is 11.1. The highest BCUT2D eigenvalue weighted by atomic mass is 32.2. The first-order valence-corrected chi connectivity index (χ1v) is 10.1. The second kappa shape index (κ2) is 8.41. The van der Waals surface area contributed by atoms with Gasteiger partial charge in [-0.25, -0.2) is 4.39 Å². The van der Waals surface area contributed by atoms with Crippen LogP contribution < -0.4 is 14.8 Å². The van der Waals surface area contributed by atoms with Crippen molar-refractivity contribution in [3.63, 3.8) is 0 Å². The Morgan fingerprint density at radius 3 is 2.86 bits per heavy atom. The molecule has 1 amide bonds. The van der Waals surface area contributed by atoms with Crippen LogP contribution in [0, 0.1) is 5.82 Å². The molecule has 3 aromatic rings. The number of aromatic nitrogens is 2. The monoisotopic (exact) mass is 415 g/mol. The molecule has 1 aliphatic rings. The van der Waals surface area contributed by atoms with Crippen LogP contribution in [-0.2, 0) is 10.5 Å². The van der Waals surface area contributed by atoms with E-state index in [1.165, 1.54) is 41.3 Å². The number of hydrogen-bond acceptors (Lipinski definition) is 7. The Balaban J connectivity index is 1.30. The van der Waals surface area contributed by atoms with Crippen molar-refractivity contribution in [2.75, 3.05) is 12.1 Å². The minimum absolute atomic E-state index is 0.210. The van der Waals surface area contributed by atoms with Crippen molar-refractivity contribution < 1.29 is 18.7 Å². The summed E-state index contributed by atoms with van der Waals surface area (Å²) in [4.78, 5) is 12.1. The van der Waals surface area contributed by atoms with Gasteiger partial charge < -0.3 is 9.47 Å². The molecule has 2 aromatic carbocycles. The van der Waals surface area contributed by atoms with E-state index in [1.54, 1.807) is 30.3 Å². The lowest BCUT2D eigenvalue weighted by molar-refractivity contribution is -0.111. The topological polar surface area (TPSA) is 73.3 Å². The van der Waals surface area contributed by atoms with Gasteiger partial charge in [-0.05, 0) is 41.5 Å². The Morgan fingerprint density at radius 2 is 2.00 bits per heavy atom. The first kappa shape index (κ1) is 18.5. The maximum atomic E-state index is 12.9. The molecule has 0 unspecified atom stereocenters. The van der Waals surface area contributed by atoms with Crippen LogP contribution >= 0.6 is 23.1 Å². The second-order valence-corrected chi connectivity index (χ2v) is 7.92. The zero-order chi connectivity index (χ0) is 19.3. The fourth-order valence-electron chi connectivity index (χ4n) is 2.38. The highest BCUT2D eigenvalue weighted by Crippen LogP contribution is 2.33. The number of benzene rings is 2. The minimum Gasteiger partial charge on any atom is -0.454 e. The molecule has 142 valence electrons. The first-order chi connectivity index (χ1) is 13.7. The molecule has 0 bridgehead atoms. The lowest BCUT2D eigenvalue weighted by Crippen LogP contribution is -2.07. The summed E-state index contributed by atoms with van der Waals surface area (Å²) in [6.07, 6.45) is 3.10. The number of nitrogens with one attached hydrogen (secondary N) is 1. The zero-order valence-corrected chi connectivity index (χ0v) is 16.1. The molecule has 0 saturated heterocycles. The number of carbonyl (C=O) groups is 1. The van der Waals surface area contributed by atoms with Gasteiger partial charge in [0, 0.05) is 11.8 Å². The largest absolute Gasteiger partial charge is 0.454 e. The fourth-order valence-corrected chi connectivity index (χ4v) is 4.09. The van der Waals surface area contributed by atoms with E-state index >= 15 is 0 Å². The standard InChI is InChI=1S/C19H14FN3O3S2/c20-14-5-1-13(2-6-14)10-27-19-23-22-18(28-19)21-17(24)8-4-12-3-7-15-16(9-12)26-11-25-15/h1-9H,10-11H2,(H,21,22,24). The molecule has 6 nitrogen and oxygen atoms in total. The SMILES string of the molecule is O=C(C=Cc1ccc2c(c1)OCO2)Nc1nnc(SCc2ccc(F)cc2)s1. The lowest BCUT2D eigenvalue weighted by atomic mass is 10.2. The third-order valence-corrected chi connectivity index (χ3v) is 5.78. The Kier molecular flexibility index (Phi) is 5.54. The summed E-state index contributed by atoms with van der Waals surface area (Å²) in [6.45, 7) is 0.210. The molecular formula is C19H14FN3O3S2. The van der Waals surface area contributed by atoms with E-state index in [-0.39, 0.29) is 18.5 Å². The van der Waals surface area contributed by atoms with Crippen LogP contribution in [-0.4, -0.2) is 22.9 Å². The van der Waals surface area contributed by atoms with E-state index in [2.05, 4.69) is 15.5 Å². The molecule has 0 radical (unpaired) electrons. The number of halogens is 1. The normalized spacial score (nSPS) is 12.5. The predicted molar refractivity (Wildman–Crippen MR) is 106 cm³/mol. The molecule has 0 spiro atoms. The fraction of sp³-hybridized carbons (Fsp3) is 0.105. The van der Waals surface area contributed by atoms with Gasteiger partial charge in [-0.2, -0.15) is 0 Å². The van der Waals surface area contributed by atoms with Gasteiger partial charge in [0.25, 0.3) is 0 Å². The van der Waals surface area contributed by atoms with E-state index in [4.69, 9.17) is 9.47 Å². The van der Waals surface area contributed by atoms with Crippen molar-refractivity contribution in [3.8, 4) is 11.5 Å². The van der Waals surface area contributed by atoms with Crippen LogP contribution in [0.1, 0.15) is 11.1 Å². The number of nitrogens with zero attached hydrogens (tertiary/aromatic N) is 2. The van der Waals surface area contributed by atoms with Gasteiger partial charge in [-0.3, -0.25) is 10.1 Å². The van der Waals surface area contributed by atoms with Gasteiger partial charge in [-0.15, -0.1) is 10.2 Å². The number of amides is 1. The minimum atomic E-state index is -0.302. The van der Waals surface area contributed by atoms with Crippen molar-refractivity contribution >= 4 is 40.2 Å². The van der Waals surface area contributed by atoms with Gasteiger partial charge in [0.2, 0.25) is 17.8 Å². The molecule has 0 atom stereocenters. The third kappa shape index (κ3) is 4.68. The van der Waals surface area contributed by atoms with Crippen molar-refractivity contribution in [3.05, 3.63) is 65.5 Å². The average Bonchev–Trinajstić information content (AvgIpc) is 3.34. The molecule has 9 heteroatoms. The summed E-state index contributed by atoms with van der Waals surface area (Å²) < 4.78 is 24.2. The molecule has 0 aliphatic carbocycles. The van der Waals surface area contributed by atoms with Gasteiger partial charge in [0.1, 0.15) is 5.82 Å². The number of hydrogen-bond donors (Lipinski definition) is 1. The average molecular weight is 415 g/mol. The number of fused-ring (bicyclic) bond motifs is 1. The lowest BCUT2D eigenvalue weighted by Gasteiger charge is -1.98. The van der Waals surface area contributed by atoms with Crippen molar-refractivity contribution in [1.82, 2.24) is 10.2 Å². The van der Waals surface area contributed by atoms with Crippen LogP contribution in [0.4, 0.5) is 9.52 Å². The highest BCUT2D eigenvalue weighted by Gasteiger charge is 2.12. The second-order valence-electron chi connectivity index (χ2n) is 5.72. The number of rotatable bonds is 6. The van der Waals surface area contributed by atoms with Gasteiger partial charge in [-0.1, -0.05) is 41.3 Å². The summed E-state index contributed by atoms with van der Waals surface area (Å²) >= 11 is 2.76. The van der Waals surface area contributed by atoms with E-state index in [9.17, 15) is 9.18 Å². The molecule has 1 aliphatic heterocycles. The van der Waals surface area contributed by atoms with Crippen LogP contribution in [0.3, 0.4) is 0 Å². The van der Waals surface area contributed by atoms with Gasteiger partial charge in [0.05, 0.1) is 0 Å². The summed E-state index contributed by atoms with van der Waals surface area (Å²) in [5.41, 5.74) is 1.81. The van der Waals surface area contributed by atoms with Crippen molar-refractivity contribution in [1.29, 1.82) is 0 Å². The zero-order valence-electron chi connectivity index (χ0n) is 14.4. The third-order valence-electron chi connectivity index (χ3n) is 3.74. The van der Waals surface area contributed by atoms with Crippen molar-refractivity contribution in [2.45, 2.75) is 10.1 Å². The Labute approximate surface area is 168 Å². The summed E-state index contributed by atoms with van der Waals surface area (Å²) in [6, 6.07) is 11.8. The Bertz CT molecular complexity index is 1020. The number of ether oxygens (including phenoxy) is 2. The quantitative estimate of drug-likeness (QED) is 0.367. The number of carbonyl (C=O) groups excluding carboxylic acids is 1. The first-order valence-electron chi connectivity index (χ1n) is 8.25. The molecular weight excluding hydrogens is 401 g/mol. The van der Waals surface area contributed by atoms with Gasteiger partial charge in [0.15, 0.2) is 15.8 Å². The molecule has 0 fully saturated rings. The molecule has 28 heavy (non-hydrogen) atoms. The van der Waals surface area contributed by atoms with E-state index < -0.39 is 0 Å². The smallest absolute Gasteiger partial charge is 0.250 e. The summed E-state index contributed by atoms with van der Waals surface area (Å²) in [5.74, 6) is 1.44. The predicted octanol–water partition coefficient (Wildman–Crippen LogP) is 4.35. The highest BCUT2D eigenvalue weighted by molar-refractivity contribution is 8.00. The molecule has 1 aromatic heterocycles. The van der Waals surface area contributed by atoms with Gasteiger partial charge >= 0.3 is 0 Å². The molecule has 0 saturated carbocycles. The van der Waals surface area contributed by atoms with E-state index in [0.717, 1.165) is 15.5 Å². The van der Waals surface area contributed by atoms with Crippen LogP contribution in [0.15, 0.2) is 52.9 Å².